The predicted molar refractivity (Wildman–Crippen MR) is 29.5 cm³/mol. The maximum absolute atomic E-state index is 10.3. The molecule has 0 saturated carbocycles. The van der Waals surface area contributed by atoms with Crippen molar-refractivity contribution in [2.24, 2.45) is 0 Å². The maximum Gasteiger partial charge on any atom is 0.303 e. The van der Waals surface area contributed by atoms with Crippen molar-refractivity contribution in [3.63, 3.8) is 0 Å². The number of ether oxygens (including phenoxy) is 1. The Labute approximate surface area is 53.1 Å². The number of nitrogens with one attached hydrogen (secondary N) is 1. The largest absolute Gasteiger partial charge is 0.459 e. The van der Waals surface area contributed by atoms with E-state index in [9.17, 15) is 4.79 Å². The van der Waals surface area contributed by atoms with Crippen molar-refractivity contribution >= 4 is 5.97 Å². The molecule has 9 heavy (non-hydrogen) atoms. The molecule has 1 aliphatic heterocycles. The number of esters is 1. The fourth-order valence-corrected chi connectivity index (χ4v) is 0.673. The molecule has 4 nitrogen and oxygen atoms in total. The minimum Gasteiger partial charge on any atom is -0.459 e. The van der Waals surface area contributed by atoms with Crippen molar-refractivity contribution < 1.29 is 14.4 Å². The van der Waals surface area contributed by atoms with Gasteiger partial charge >= 0.3 is 5.97 Å². The second-order valence-corrected chi connectivity index (χ2v) is 1.89. The number of hydroxylamine groups is 1. The molecule has 52 valence electrons. The fraction of sp³-hybridized carbons (Fsp3) is 0.800. The molecule has 0 radical (unpaired) electrons. The first-order valence-electron chi connectivity index (χ1n) is 2.81. The molecule has 1 fully saturated rings. The Morgan fingerprint density at radius 3 is 3.11 bits per heavy atom. The van der Waals surface area contributed by atoms with Crippen LogP contribution in [0.1, 0.15) is 6.92 Å². The Morgan fingerprint density at radius 2 is 2.67 bits per heavy atom. The number of hydrogen-bond donors (Lipinski definition) is 1. The number of rotatable bonds is 1. The van der Waals surface area contributed by atoms with Gasteiger partial charge in [0.25, 0.3) is 0 Å². The van der Waals surface area contributed by atoms with Gasteiger partial charge in [0.2, 0.25) is 0 Å². The van der Waals surface area contributed by atoms with Crippen LogP contribution in [0, 0.1) is 0 Å². The Kier molecular flexibility index (Phi) is 2.02. The van der Waals surface area contributed by atoms with Crippen LogP contribution in [0.3, 0.4) is 0 Å². The van der Waals surface area contributed by atoms with Crippen LogP contribution in [0.4, 0.5) is 0 Å². The summed E-state index contributed by atoms with van der Waals surface area (Å²) in [5.74, 6) is -0.257. The van der Waals surface area contributed by atoms with E-state index >= 15 is 0 Å². The summed E-state index contributed by atoms with van der Waals surface area (Å²) in [5, 5.41) is 0. The zero-order valence-corrected chi connectivity index (χ0v) is 5.22. The highest BCUT2D eigenvalue weighted by Crippen LogP contribution is 1.97. The van der Waals surface area contributed by atoms with Gasteiger partial charge in [-0.15, -0.1) is 0 Å². The topological polar surface area (TPSA) is 47.6 Å². The summed E-state index contributed by atoms with van der Waals surface area (Å²) >= 11 is 0. The van der Waals surface area contributed by atoms with Crippen LogP contribution in [0.5, 0.6) is 0 Å². The third kappa shape index (κ3) is 1.99. The summed E-state index contributed by atoms with van der Waals surface area (Å²) in [7, 11) is 0. The van der Waals surface area contributed by atoms with Gasteiger partial charge in [-0.3, -0.25) is 9.63 Å². The molecule has 0 aromatic heterocycles. The van der Waals surface area contributed by atoms with Crippen LogP contribution in [0.2, 0.25) is 0 Å². The highest BCUT2D eigenvalue weighted by molar-refractivity contribution is 5.66. The van der Waals surface area contributed by atoms with Crippen molar-refractivity contribution in [3.05, 3.63) is 0 Å². The second kappa shape index (κ2) is 2.80. The van der Waals surface area contributed by atoms with E-state index in [2.05, 4.69) is 5.48 Å². The molecular weight excluding hydrogens is 122 g/mol. The van der Waals surface area contributed by atoms with Gasteiger partial charge in [0.15, 0.2) is 0 Å². The lowest BCUT2D eigenvalue weighted by molar-refractivity contribution is -0.145. The lowest BCUT2D eigenvalue weighted by atomic mass is 10.4. The van der Waals surface area contributed by atoms with Crippen LogP contribution in [-0.2, 0) is 14.4 Å². The van der Waals surface area contributed by atoms with Crippen molar-refractivity contribution in [3.8, 4) is 0 Å². The average Bonchev–Trinajstić information content (AvgIpc) is 2.15. The van der Waals surface area contributed by atoms with Crippen molar-refractivity contribution in [1.82, 2.24) is 5.48 Å². The number of hydrogen-bond acceptors (Lipinski definition) is 4. The SMILES string of the molecule is CC(=O)O[C@H]1CNOC1. The minimum atomic E-state index is -0.257. The first kappa shape index (κ1) is 6.51. The summed E-state index contributed by atoms with van der Waals surface area (Å²) in [6.07, 6.45) is -0.0949. The van der Waals surface area contributed by atoms with Crippen molar-refractivity contribution in [2.45, 2.75) is 13.0 Å². The van der Waals surface area contributed by atoms with Gasteiger partial charge in [-0.25, -0.2) is 0 Å². The standard InChI is InChI=1S/C5H9NO3/c1-4(7)9-5-2-6-8-3-5/h5-6H,2-3H2,1H3/t5-/m0/s1. The third-order valence-corrected chi connectivity index (χ3v) is 1.01. The molecule has 1 saturated heterocycles. The lowest BCUT2D eigenvalue weighted by Crippen LogP contribution is -2.20. The van der Waals surface area contributed by atoms with E-state index < -0.39 is 0 Å². The molecule has 1 heterocycles. The van der Waals surface area contributed by atoms with E-state index in [1.807, 2.05) is 0 Å². The molecule has 0 spiro atoms. The van der Waals surface area contributed by atoms with Crippen LogP contribution < -0.4 is 5.48 Å². The van der Waals surface area contributed by atoms with Gasteiger partial charge in [-0.05, 0) is 0 Å². The summed E-state index contributed by atoms with van der Waals surface area (Å²) in [6, 6.07) is 0. The quantitative estimate of drug-likeness (QED) is 0.485. The van der Waals surface area contributed by atoms with E-state index in [-0.39, 0.29) is 12.1 Å². The molecule has 4 heteroatoms. The Balaban J connectivity index is 2.19. The molecule has 1 aliphatic rings. The first-order valence-corrected chi connectivity index (χ1v) is 2.81. The van der Waals surface area contributed by atoms with Crippen LogP contribution in [-0.4, -0.2) is 25.2 Å². The molecule has 1 rings (SSSR count). The number of carbonyl (C=O) groups is 1. The van der Waals surface area contributed by atoms with Crippen LogP contribution in [0.15, 0.2) is 0 Å². The van der Waals surface area contributed by atoms with Gasteiger partial charge < -0.3 is 4.74 Å². The van der Waals surface area contributed by atoms with Crippen molar-refractivity contribution in [2.75, 3.05) is 13.2 Å². The molecule has 1 atom stereocenters. The van der Waals surface area contributed by atoms with E-state index in [0.717, 1.165) is 0 Å². The van der Waals surface area contributed by atoms with Crippen LogP contribution in [0.25, 0.3) is 0 Å². The predicted octanol–water partition coefficient (Wildman–Crippen LogP) is -0.547. The van der Waals surface area contributed by atoms with Gasteiger partial charge in [0.1, 0.15) is 12.7 Å². The second-order valence-electron chi connectivity index (χ2n) is 1.89. The van der Waals surface area contributed by atoms with E-state index in [1.165, 1.54) is 6.92 Å². The Morgan fingerprint density at radius 1 is 1.89 bits per heavy atom. The summed E-state index contributed by atoms with van der Waals surface area (Å²) in [5.41, 5.74) is 2.60. The van der Waals surface area contributed by atoms with Crippen LogP contribution >= 0.6 is 0 Å². The normalized spacial score (nSPS) is 26.1. The minimum absolute atomic E-state index is 0.0949. The van der Waals surface area contributed by atoms with E-state index in [4.69, 9.17) is 9.57 Å². The van der Waals surface area contributed by atoms with Gasteiger partial charge in [-0.1, -0.05) is 0 Å². The molecule has 0 bridgehead atoms. The average molecular weight is 131 g/mol. The zero-order chi connectivity index (χ0) is 6.69. The smallest absolute Gasteiger partial charge is 0.303 e. The summed E-state index contributed by atoms with van der Waals surface area (Å²) in [6.45, 7) is 2.44. The summed E-state index contributed by atoms with van der Waals surface area (Å²) < 4.78 is 4.78. The third-order valence-electron chi connectivity index (χ3n) is 1.01. The maximum atomic E-state index is 10.3. The molecule has 0 amide bonds. The molecule has 0 aromatic carbocycles. The van der Waals surface area contributed by atoms with Gasteiger partial charge in [-0.2, -0.15) is 5.48 Å². The Hall–Kier alpha value is -0.610. The highest BCUT2D eigenvalue weighted by atomic mass is 16.7. The monoisotopic (exact) mass is 131 g/mol. The van der Waals surface area contributed by atoms with Crippen molar-refractivity contribution in [1.29, 1.82) is 0 Å². The lowest BCUT2D eigenvalue weighted by Gasteiger charge is -2.04. The number of carbonyl (C=O) groups excluding carboxylic acids is 1. The first-order chi connectivity index (χ1) is 4.29. The van der Waals surface area contributed by atoms with Gasteiger partial charge in [0, 0.05) is 6.92 Å². The fourth-order valence-electron chi connectivity index (χ4n) is 0.673. The van der Waals surface area contributed by atoms with E-state index in [0.29, 0.717) is 13.2 Å². The molecular formula is C5H9NO3. The van der Waals surface area contributed by atoms with E-state index in [1.54, 1.807) is 0 Å². The Bertz CT molecular complexity index is 109. The molecule has 0 aromatic rings. The summed E-state index contributed by atoms with van der Waals surface area (Å²) in [4.78, 5) is 15.0. The molecule has 1 N–H and O–H groups in total. The molecule has 0 aliphatic carbocycles. The van der Waals surface area contributed by atoms with Gasteiger partial charge in [0.05, 0.1) is 6.54 Å². The highest BCUT2D eigenvalue weighted by Gasteiger charge is 2.17. The zero-order valence-electron chi connectivity index (χ0n) is 5.22. The molecule has 0 unspecified atom stereocenters.